The second-order valence-electron chi connectivity index (χ2n) is 9.59. The Morgan fingerprint density at radius 1 is 0.973 bits per heavy atom. The average Bonchev–Trinajstić information content (AvgIpc) is 3.43. The van der Waals surface area contributed by atoms with Crippen molar-refractivity contribution in [3.05, 3.63) is 88.0 Å². The van der Waals surface area contributed by atoms with Crippen LogP contribution in [0.2, 0.25) is 0 Å². The molecule has 1 N–H and O–H groups in total. The molecule has 0 aliphatic carbocycles. The maximum Gasteiger partial charge on any atom is 0.342 e. The number of ether oxygens (including phenoxy) is 5. The zero-order valence-corrected chi connectivity index (χ0v) is 21.6. The van der Waals surface area contributed by atoms with Crippen molar-refractivity contribution < 1.29 is 33.6 Å². The molecule has 7 nitrogen and oxygen atoms in total. The molecule has 0 radical (unpaired) electrons. The van der Waals surface area contributed by atoms with Crippen LogP contribution in [-0.4, -0.2) is 31.1 Å². The second kappa shape index (κ2) is 9.48. The molecule has 37 heavy (non-hydrogen) atoms. The van der Waals surface area contributed by atoms with Gasteiger partial charge in [-0.3, -0.25) is 0 Å². The molecule has 7 heteroatoms. The van der Waals surface area contributed by atoms with Gasteiger partial charge in [-0.1, -0.05) is 18.2 Å². The van der Waals surface area contributed by atoms with Crippen molar-refractivity contribution >= 4 is 11.5 Å². The molecule has 0 bridgehead atoms. The molecule has 3 aromatic rings. The largest absolute Gasteiger partial charge is 0.497 e. The molecule has 2 heterocycles. The van der Waals surface area contributed by atoms with Gasteiger partial charge in [-0.15, -0.1) is 0 Å². The summed E-state index contributed by atoms with van der Waals surface area (Å²) in [7, 11) is 1.57. The van der Waals surface area contributed by atoms with E-state index < -0.39 is 11.8 Å². The highest BCUT2D eigenvalue weighted by atomic mass is 16.7. The van der Waals surface area contributed by atoms with Crippen LogP contribution in [0.1, 0.15) is 41.7 Å². The van der Waals surface area contributed by atoms with Gasteiger partial charge < -0.3 is 28.8 Å². The van der Waals surface area contributed by atoms with Crippen molar-refractivity contribution in [3.63, 3.8) is 0 Å². The Morgan fingerprint density at radius 3 is 2.30 bits per heavy atom. The molecule has 0 amide bonds. The fourth-order valence-electron chi connectivity index (χ4n) is 4.91. The number of aliphatic hydroxyl groups is 1. The van der Waals surface area contributed by atoms with E-state index in [1.54, 1.807) is 49.6 Å². The predicted octanol–water partition coefficient (Wildman–Crippen LogP) is 5.23. The van der Waals surface area contributed by atoms with Gasteiger partial charge in [-0.05, 0) is 86.3 Å². The highest BCUT2D eigenvalue weighted by molar-refractivity contribution is 6.20. The monoisotopic (exact) mass is 502 g/mol. The van der Waals surface area contributed by atoms with Gasteiger partial charge in [-0.25, -0.2) is 4.79 Å². The Bertz CT molecular complexity index is 1360. The first-order chi connectivity index (χ1) is 17.7. The summed E-state index contributed by atoms with van der Waals surface area (Å²) >= 11 is 0. The molecule has 192 valence electrons. The predicted molar refractivity (Wildman–Crippen MR) is 138 cm³/mol. The number of hydrogen-bond acceptors (Lipinski definition) is 7. The van der Waals surface area contributed by atoms with Crippen LogP contribution in [0.4, 0.5) is 0 Å². The number of aryl methyl sites for hydroxylation is 2. The molecular weight excluding hydrogens is 472 g/mol. The number of carbonyl (C=O) groups is 1. The lowest BCUT2D eigenvalue weighted by Gasteiger charge is -2.26. The van der Waals surface area contributed by atoms with Crippen LogP contribution in [-0.2, 0) is 21.7 Å². The molecule has 0 aromatic heterocycles. The van der Waals surface area contributed by atoms with Crippen molar-refractivity contribution in [2.24, 2.45) is 0 Å². The lowest BCUT2D eigenvalue weighted by atomic mass is 9.87. The summed E-state index contributed by atoms with van der Waals surface area (Å²) in [5.74, 6) is 0.0521. The Morgan fingerprint density at radius 2 is 1.65 bits per heavy atom. The SMILES string of the molecule is COc1ccc(C2(O)OC(=O)C(c3ccc4c(c3)OCO4)=C2Cc2cc(C)c(OC(C)C)c(C)c2)cc1. The van der Waals surface area contributed by atoms with E-state index in [-0.39, 0.29) is 19.3 Å². The first kappa shape index (κ1) is 24.7. The summed E-state index contributed by atoms with van der Waals surface area (Å²) in [5, 5.41) is 11.9. The minimum atomic E-state index is -1.95. The van der Waals surface area contributed by atoms with Crippen LogP contribution >= 0.6 is 0 Å². The summed E-state index contributed by atoms with van der Waals surface area (Å²) < 4.78 is 28.0. The molecule has 1 unspecified atom stereocenters. The fourth-order valence-corrected chi connectivity index (χ4v) is 4.91. The lowest BCUT2D eigenvalue weighted by molar-refractivity contribution is -0.185. The van der Waals surface area contributed by atoms with E-state index in [9.17, 15) is 9.90 Å². The maximum atomic E-state index is 13.3. The van der Waals surface area contributed by atoms with E-state index >= 15 is 0 Å². The van der Waals surface area contributed by atoms with E-state index in [1.807, 2.05) is 39.8 Å². The summed E-state index contributed by atoms with van der Waals surface area (Å²) in [6, 6.07) is 16.2. The zero-order valence-electron chi connectivity index (χ0n) is 21.6. The van der Waals surface area contributed by atoms with Crippen molar-refractivity contribution in [3.8, 4) is 23.0 Å². The zero-order chi connectivity index (χ0) is 26.3. The molecule has 2 aliphatic heterocycles. The van der Waals surface area contributed by atoms with E-state index in [0.29, 0.717) is 39.5 Å². The van der Waals surface area contributed by atoms with Crippen LogP contribution in [0.5, 0.6) is 23.0 Å². The van der Waals surface area contributed by atoms with Crippen molar-refractivity contribution in [1.29, 1.82) is 0 Å². The maximum absolute atomic E-state index is 13.3. The molecule has 5 rings (SSSR count). The van der Waals surface area contributed by atoms with Gasteiger partial charge in [-0.2, -0.15) is 0 Å². The summed E-state index contributed by atoms with van der Waals surface area (Å²) in [6.45, 7) is 8.09. The third-order valence-corrected chi connectivity index (χ3v) is 6.55. The van der Waals surface area contributed by atoms with Crippen LogP contribution in [0.25, 0.3) is 5.57 Å². The number of cyclic esters (lactones) is 1. The van der Waals surface area contributed by atoms with Crippen LogP contribution in [0, 0.1) is 13.8 Å². The van der Waals surface area contributed by atoms with E-state index in [0.717, 1.165) is 22.4 Å². The number of esters is 1. The van der Waals surface area contributed by atoms with Gasteiger partial charge >= 0.3 is 5.97 Å². The van der Waals surface area contributed by atoms with Crippen molar-refractivity contribution in [1.82, 2.24) is 0 Å². The smallest absolute Gasteiger partial charge is 0.342 e. The number of benzene rings is 3. The van der Waals surface area contributed by atoms with Crippen molar-refractivity contribution in [2.75, 3.05) is 13.9 Å². The number of carbonyl (C=O) groups excluding carboxylic acids is 1. The molecule has 0 saturated heterocycles. The summed E-state index contributed by atoms with van der Waals surface area (Å²) in [5.41, 5.74) is 4.64. The Kier molecular flexibility index (Phi) is 6.33. The third kappa shape index (κ3) is 4.51. The molecule has 1 atom stereocenters. The van der Waals surface area contributed by atoms with Crippen LogP contribution in [0.3, 0.4) is 0 Å². The van der Waals surface area contributed by atoms with Gasteiger partial charge in [0.15, 0.2) is 11.5 Å². The van der Waals surface area contributed by atoms with Gasteiger partial charge in [0.05, 0.1) is 18.8 Å². The van der Waals surface area contributed by atoms with Crippen LogP contribution in [0.15, 0.2) is 60.2 Å². The van der Waals surface area contributed by atoms with Gasteiger partial charge in [0.1, 0.15) is 11.5 Å². The highest BCUT2D eigenvalue weighted by Crippen LogP contribution is 2.46. The highest BCUT2D eigenvalue weighted by Gasteiger charge is 2.48. The van der Waals surface area contributed by atoms with Gasteiger partial charge in [0, 0.05) is 17.6 Å². The number of methoxy groups -OCH3 is 1. The Hall–Kier alpha value is -3.97. The molecule has 0 saturated carbocycles. The van der Waals surface area contributed by atoms with Gasteiger partial charge in [0.2, 0.25) is 6.79 Å². The first-order valence-corrected chi connectivity index (χ1v) is 12.2. The minimum absolute atomic E-state index is 0.0459. The quantitative estimate of drug-likeness (QED) is 0.443. The standard InChI is InChI=1S/C30H30O7/c1-17(2)36-28-18(3)12-20(13-19(28)4)14-24-27(21-6-11-25-26(15-21)35-16-34-25)29(31)37-30(24,32)22-7-9-23(33-5)10-8-22/h6-13,15,17,32H,14,16H2,1-5H3. The molecule has 0 fully saturated rings. The lowest BCUT2D eigenvalue weighted by Crippen LogP contribution is -2.29. The molecule has 3 aromatic carbocycles. The normalized spacial score (nSPS) is 18.4. The third-order valence-electron chi connectivity index (χ3n) is 6.55. The average molecular weight is 503 g/mol. The van der Waals surface area contributed by atoms with Crippen LogP contribution < -0.4 is 18.9 Å². The second-order valence-corrected chi connectivity index (χ2v) is 9.59. The number of hydrogen-bond donors (Lipinski definition) is 1. The number of rotatable bonds is 7. The number of fused-ring (bicyclic) bond motifs is 1. The minimum Gasteiger partial charge on any atom is -0.497 e. The molecule has 2 aliphatic rings. The van der Waals surface area contributed by atoms with Gasteiger partial charge in [0.25, 0.3) is 5.79 Å². The molecule has 0 spiro atoms. The summed E-state index contributed by atoms with van der Waals surface area (Å²) in [4.78, 5) is 13.3. The van der Waals surface area contributed by atoms with E-state index in [2.05, 4.69) is 0 Å². The van der Waals surface area contributed by atoms with E-state index in [4.69, 9.17) is 23.7 Å². The Balaban J connectivity index is 1.64. The van der Waals surface area contributed by atoms with Crippen molar-refractivity contribution in [2.45, 2.75) is 46.0 Å². The topological polar surface area (TPSA) is 83.5 Å². The summed E-state index contributed by atoms with van der Waals surface area (Å²) in [6.07, 6.45) is 0.325. The Labute approximate surface area is 216 Å². The first-order valence-electron chi connectivity index (χ1n) is 12.2. The fraction of sp³-hybridized carbons (Fsp3) is 0.300. The molecular formula is C30H30O7. The van der Waals surface area contributed by atoms with E-state index in [1.165, 1.54) is 0 Å².